The van der Waals surface area contributed by atoms with Crippen LogP contribution in [0.4, 0.5) is 0 Å². The first-order chi connectivity index (χ1) is 3.56. The molecule has 0 unspecified atom stereocenters. The van der Waals surface area contributed by atoms with E-state index in [9.17, 15) is 0 Å². The molecule has 0 bridgehead atoms. The van der Waals surface area contributed by atoms with Crippen molar-refractivity contribution in [3.63, 3.8) is 0 Å². The van der Waals surface area contributed by atoms with Crippen LogP contribution < -0.4 is 5.73 Å². The summed E-state index contributed by atoms with van der Waals surface area (Å²) < 4.78 is 0. The molecule has 58 valence electrons. The van der Waals surface area contributed by atoms with Gasteiger partial charge in [0.2, 0.25) is 0 Å². The summed E-state index contributed by atoms with van der Waals surface area (Å²) in [5, 5.41) is 0. The van der Waals surface area contributed by atoms with Gasteiger partial charge in [-0.1, -0.05) is 0 Å². The average molecular weight is 174 g/mol. The summed E-state index contributed by atoms with van der Waals surface area (Å²) >= 11 is 0. The Morgan fingerprint density at radius 2 is 1.67 bits per heavy atom. The lowest BCUT2D eigenvalue weighted by atomic mass is 10.5. The highest BCUT2D eigenvalue weighted by atomic mass is 35.5. The Morgan fingerprint density at radius 1 is 1.22 bits per heavy atom. The average Bonchev–Trinajstić information content (AvgIpc) is 1.59. The molecule has 0 atom stereocenters. The molecule has 0 saturated carbocycles. The first kappa shape index (κ1) is 12.1. The highest BCUT2D eigenvalue weighted by Crippen LogP contribution is 1.97. The normalized spacial score (nSPS) is 10.7. The summed E-state index contributed by atoms with van der Waals surface area (Å²) in [6.45, 7) is 0.385. The molecule has 9 heavy (non-hydrogen) atoms. The van der Waals surface area contributed by atoms with E-state index in [0.717, 1.165) is 0 Å². The Hall–Kier alpha value is 0.347. The Balaban J connectivity index is 0. The Morgan fingerprint density at radius 3 is 1.78 bits per heavy atom. The van der Waals surface area contributed by atoms with E-state index in [1.54, 1.807) is 0 Å². The summed E-state index contributed by atoms with van der Waals surface area (Å²) in [7, 11) is -3.76. The predicted octanol–water partition coefficient (Wildman–Crippen LogP) is -1.33. The number of rotatable bonds is 3. The largest absolute Gasteiger partial charge is 0.492 e. The molecule has 0 amide bonds. The molecule has 0 aromatic carbocycles. The van der Waals surface area contributed by atoms with Gasteiger partial charge in [0, 0.05) is 6.04 Å². The van der Waals surface area contributed by atoms with Crippen molar-refractivity contribution < 1.29 is 14.4 Å². The third-order valence-corrected chi connectivity index (χ3v) is 1.74. The number of hydrogen-bond acceptors (Lipinski definition) is 4. The fourth-order valence-corrected chi connectivity index (χ4v) is 1.02. The van der Waals surface area contributed by atoms with Crippen molar-refractivity contribution in [2.24, 2.45) is 5.73 Å². The molecule has 0 aromatic rings. The van der Waals surface area contributed by atoms with Gasteiger partial charge in [0.05, 0.1) is 0 Å². The molecule has 0 aromatic heterocycles. The van der Waals surface area contributed by atoms with E-state index in [2.05, 4.69) is 0 Å². The minimum atomic E-state index is -3.76. The zero-order chi connectivity index (χ0) is 6.62. The van der Waals surface area contributed by atoms with Gasteiger partial charge in [-0.05, 0) is 13.0 Å². The van der Waals surface area contributed by atoms with E-state index < -0.39 is 8.80 Å². The molecule has 0 radical (unpaired) electrons. The van der Waals surface area contributed by atoms with Crippen molar-refractivity contribution in [1.82, 2.24) is 0 Å². The summed E-state index contributed by atoms with van der Waals surface area (Å²) in [4.78, 5) is 25.0. The number of halogens is 1. The Kier molecular flexibility index (Phi) is 6.91. The second kappa shape index (κ2) is 5.16. The van der Waals surface area contributed by atoms with Crippen LogP contribution in [0.3, 0.4) is 0 Å². The Bertz CT molecular complexity index is 66.6. The van der Waals surface area contributed by atoms with Gasteiger partial charge in [-0.15, -0.1) is 12.4 Å². The fourth-order valence-electron chi connectivity index (χ4n) is 0.339. The first-order valence-electron chi connectivity index (χ1n) is 2.43. The second-order valence-electron chi connectivity index (χ2n) is 1.67. The summed E-state index contributed by atoms with van der Waals surface area (Å²) in [5.41, 5.74) is 5.02. The maximum absolute atomic E-state index is 8.34. The zero-order valence-corrected chi connectivity index (χ0v) is 6.77. The van der Waals surface area contributed by atoms with Crippen molar-refractivity contribution >= 4 is 21.2 Å². The van der Waals surface area contributed by atoms with Gasteiger partial charge in [0.1, 0.15) is 0 Å². The fraction of sp³-hybridized carbons (Fsp3) is 1.00. The number of nitrogens with two attached hydrogens (primary N) is 1. The van der Waals surface area contributed by atoms with Gasteiger partial charge < -0.3 is 20.1 Å². The SMILES string of the molecule is Cl.NCCC[Si](O)(O)O. The van der Waals surface area contributed by atoms with E-state index in [1.807, 2.05) is 0 Å². The third kappa shape index (κ3) is 11.8. The van der Waals surface area contributed by atoms with Crippen LogP contribution in [0.1, 0.15) is 6.42 Å². The molecule has 5 N–H and O–H groups in total. The monoisotopic (exact) mass is 173 g/mol. The van der Waals surface area contributed by atoms with Crippen LogP contribution in [0.5, 0.6) is 0 Å². The lowest BCUT2D eigenvalue weighted by Crippen LogP contribution is -2.34. The van der Waals surface area contributed by atoms with Crippen LogP contribution in [-0.2, 0) is 0 Å². The summed E-state index contributed by atoms with van der Waals surface area (Å²) in [6.07, 6.45) is 0.468. The highest BCUT2D eigenvalue weighted by Gasteiger charge is 2.24. The molecule has 6 heteroatoms. The third-order valence-electron chi connectivity index (χ3n) is 0.716. The van der Waals surface area contributed by atoms with E-state index in [0.29, 0.717) is 13.0 Å². The van der Waals surface area contributed by atoms with Crippen molar-refractivity contribution in [1.29, 1.82) is 0 Å². The molecule has 0 fully saturated rings. The van der Waals surface area contributed by atoms with Gasteiger partial charge in [-0.3, -0.25) is 0 Å². The van der Waals surface area contributed by atoms with Gasteiger partial charge in [0.25, 0.3) is 0 Å². The summed E-state index contributed by atoms with van der Waals surface area (Å²) in [5.74, 6) is 0. The molecular formula is C3H12ClNO3Si. The van der Waals surface area contributed by atoms with E-state index in [4.69, 9.17) is 20.1 Å². The van der Waals surface area contributed by atoms with Crippen molar-refractivity contribution in [3.8, 4) is 0 Å². The van der Waals surface area contributed by atoms with Crippen molar-refractivity contribution in [3.05, 3.63) is 0 Å². The Labute approximate surface area is 61.1 Å². The van der Waals surface area contributed by atoms with Gasteiger partial charge >= 0.3 is 8.80 Å². The maximum atomic E-state index is 8.34. The highest BCUT2D eigenvalue weighted by molar-refractivity contribution is 6.56. The molecule has 0 aliphatic carbocycles. The second-order valence-corrected chi connectivity index (χ2v) is 3.72. The van der Waals surface area contributed by atoms with Crippen molar-refractivity contribution in [2.45, 2.75) is 12.5 Å². The standard InChI is InChI=1S/C3H11NO3Si.ClH/c4-2-1-3-8(5,6)7;/h5-7H,1-4H2;1H. The molecule has 0 rings (SSSR count). The van der Waals surface area contributed by atoms with Crippen molar-refractivity contribution in [2.75, 3.05) is 6.54 Å². The quantitative estimate of drug-likeness (QED) is 0.399. The molecule has 0 aliphatic heterocycles. The van der Waals surface area contributed by atoms with Gasteiger partial charge in [-0.25, -0.2) is 0 Å². The minimum absolute atomic E-state index is 0. The van der Waals surface area contributed by atoms with Crippen LogP contribution in [0, 0.1) is 0 Å². The zero-order valence-electron chi connectivity index (χ0n) is 4.95. The predicted molar refractivity (Wildman–Crippen MR) is 38.1 cm³/mol. The van der Waals surface area contributed by atoms with Crippen LogP contribution in [-0.4, -0.2) is 29.7 Å². The van der Waals surface area contributed by atoms with Crippen LogP contribution in [0.2, 0.25) is 6.04 Å². The van der Waals surface area contributed by atoms with Crippen LogP contribution in [0.15, 0.2) is 0 Å². The smallest absolute Gasteiger partial charge is 0.390 e. The number of hydrogen-bond donors (Lipinski definition) is 4. The molecule has 0 heterocycles. The van der Waals surface area contributed by atoms with Gasteiger partial charge in [0.15, 0.2) is 0 Å². The molecule has 4 nitrogen and oxygen atoms in total. The molecule has 0 saturated heterocycles. The van der Waals surface area contributed by atoms with Crippen LogP contribution in [0.25, 0.3) is 0 Å². The molecule has 0 spiro atoms. The van der Waals surface area contributed by atoms with E-state index in [-0.39, 0.29) is 18.5 Å². The first-order valence-corrected chi connectivity index (χ1v) is 4.48. The summed E-state index contributed by atoms with van der Waals surface area (Å²) in [6, 6.07) is 0.0451. The minimum Gasteiger partial charge on any atom is -0.390 e. The van der Waals surface area contributed by atoms with E-state index in [1.165, 1.54) is 0 Å². The van der Waals surface area contributed by atoms with Crippen LogP contribution >= 0.6 is 12.4 Å². The molecule has 0 aliphatic rings. The molecular weight excluding hydrogens is 162 g/mol. The lowest BCUT2D eigenvalue weighted by Gasteiger charge is -2.06. The maximum Gasteiger partial charge on any atom is 0.492 e. The lowest BCUT2D eigenvalue weighted by molar-refractivity contribution is 0.227. The van der Waals surface area contributed by atoms with Gasteiger partial charge in [-0.2, -0.15) is 0 Å². The topological polar surface area (TPSA) is 86.7 Å². The van der Waals surface area contributed by atoms with E-state index >= 15 is 0 Å².